The van der Waals surface area contributed by atoms with Crippen LogP contribution in [0.2, 0.25) is 0 Å². The van der Waals surface area contributed by atoms with Gasteiger partial charge in [-0.25, -0.2) is 4.79 Å². The van der Waals surface area contributed by atoms with E-state index in [0.717, 1.165) is 16.0 Å². The number of carbonyl (C=O) groups excluding carboxylic acids is 2. The van der Waals surface area contributed by atoms with Crippen molar-refractivity contribution in [2.45, 2.75) is 18.4 Å². The zero-order valence-electron chi connectivity index (χ0n) is 13.6. The average molecular weight is 341 g/mol. The lowest BCUT2D eigenvalue weighted by Crippen LogP contribution is -2.26. The van der Waals surface area contributed by atoms with Crippen molar-refractivity contribution < 1.29 is 14.3 Å². The van der Waals surface area contributed by atoms with Gasteiger partial charge in [0, 0.05) is 11.8 Å². The Morgan fingerprint density at radius 1 is 1.08 bits per heavy atom. The Balaban J connectivity index is 2.07. The van der Waals surface area contributed by atoms with Crippen LogP contribution in [0.5, 0.6) is 0 Å². The standard InChI is InChI=1S/C19H19NO3S/c1-14(21)20-18(12-15-6-4-3-5-7-15)19(22)23-13-16-8-10-17(24-2)11-9-16/h3-12H,13H2,1-2H3,(H,20,21)/b18-12+. The summed E-state index contributed by atoms with van der Waals surface area (Å²) in [6, 6.07) is 17.1. The maximum atomic E-state index is 12.3. The number of hydrogen-bond acceptors (Lipinski definition) is 4. The quantitative estimate of drug-likeness (QED) is 0.495. The molecule has 124 valence electrons. The molecule has 2 rings (SSSR count). The van der Waals surface area contributed by atoms with Crippen LogP contribution in [0.3, 0.4) is 0 Å². The van der Waals surface area contributed by atoms with Crippen molar-refractivity contribution in [3.8, 4) is 0 Å². The van der Waals surface area contributed by atoms with Crippen molar-refractivity contribution in [2.75, 3.05) is 6.26 Å². The minimum atomic E-state index is -0.567. The molecular formula is C19H19NO3S. The van der Waals surface area contributed by atoms with Crippen LogP contribution in [0.25, 0.3) is 6.08 Å². The van der Waals surface area contributed by atoms with Gasteiger partial charge in [-0.15, -0.1) is 11.8 Å². The first-order chi connectivity index (χ1) is 11.6. The molecular weight excluding hydrogens is 322 g/mol. The number of carbonyl (C=O) groups is 2. The van der Waals surface area contributed by atoms with Gasteiger partial charge in [-0.05, 0) is 35.6 Å². The summed E-state index contributed by atoms with van der Waals surface area (Å²) in [5.74, 6) is -0.888. The van der Waals surface area contributed by atoms with Crippen LogP contribution in [-0.4, -0.2) is 18.1 Å². The number of nitrogens with one attached hydrogen (secondary N) is 1. The first kappa shape index (κ1) is 17.8. The third-order valence-electron chi connectivity index (χ3n) is 3.17. The van der Waals surface area contributed by atoms with E-state index in [9.17, 15) is 9.59 Å². The fourth-order valence-electron chi connectivity index (χ4n) is 2.00. The number of amides is 1. The van der Waals surface area contributed by atoms with E-state index in [1.807, 2.05) is 60.9 Å². The molecule has 5 heteroatoms. The minimum Gasteiger partial charge on any atom is -0.456 e. The maximum absolute atomic E-state index is 12.3. The number of hydrogen-bond donors (Lipinski definition) is 1. The highest BCUT2D eigenvalue weighted by Crippen LogP contribution is 2.15. The summed E-state index contributed by atoms with van der Waals surface area (Å²) in [4.78, 5) is 24.7. The second-order valence-corrected chi connectivity index (χ2v) is 5.95. The maximum Gasteiger partial charge on any atom is 0.355 e. The Morgan fingerprint density at radius 2 is 1.75 bits per heavy atom. The van der Waals surface area contributed by atoms with Crippen LogP contribution < -0.4 is 5.32 Å². The van der Waals surface area contributed by atoms with Crippen molar-refractivity contribution in [2.24, 2.45) is 0 Å². The second-order valence-electron chi connectivity index (χ2n) is 5.07. The van der Waals surface area contributed by atoms with Crippen molar-refractivity contribution >= 4 is 29.7 Å². The molecule has 0 atom stereocenters. The molecule has 0 saturated heterocycles. The van der Waals surface area contributed by atoms with E-state index in [-0.39, 0.29) is 18.2 Å². The Bertz CT molecular complexity index is 724. The summed E-state index contributed by atoms with van der Waals surface area (Å²) in [5.41, 5.74) is 1.82. The monoisotopic (exact) mass is 341 g/mol. The predicted octanol–water partition coefficient (Wildman–Crippen LogP) is 3.63. The molecule has 0 unspecified atom stereocenters. The fourth-order valence-corrected chi connectivity index (χ4v) is 2.41. The third kappa shape index (κ3) is 5.59. The van der Waals surface area contributed by atoms with Gasteiger partial charge in [0.25, 0.3) is 0 Å². The molecule has 0 fully saturated rings. The van der Waals surface area contributed by atoms with Gasteiger partial charge in [0.1, 0.15) is 12.3 Å². The number of thioether (sulfide) groups is 1. The van der Waals surface area contributed by atoms with Crippen molar-refractivity contribution in [1.29, 1.82) is 0 Å². The SMILES string of the molecule is CSc1ccc(COC(=O)/C(=C\c2ccccc2)NC(C)=O)cc1. The molecule has 0 bridgehead atoms. The second kappa shape index (κ2) is 8.93. The van der Waals surface area contributed by atoms with Gasteiger partial charge in [0.2, 0.25) is 5.91 Å². The molecule has 0 heterocycles. The summed E-state index contributed by atoms with van der Waals surface area (Å²) < 4.78 is 5.31. The molecule has 24 heavy (non-hydrogen) atoms. The lowest BCUT2D eigenvalue weighted by atomic mass is 10.2. The summed E-state index contributed by atoms with van der Waals surface area (Å²) in [6.07, 6.45) is 3.60. The van der Waals surface area contributed by atoms with E-state index in [4.69, 9.17) is 4.74 Å². The molecule has 4 nitrogen and oxygen atoms in total. The highest BCUT2D eigenvalue weighted by Gasteiger charge is 2.13. The van der Waals surface area contributed by atoms with Crippen molar-refractivity contribution in [3.05, 3.63) is 71.4 Å². The van der Waals surface area contributed by atoms with Crippen LogP contribution in [0.15, 0.2) is 65.2 Å². The Hall–Kier alpha value is -2.53. The summed E-state index contributed by atoms with van der Waals surface area (Å²) in [6.45, 7) is 1.51. The summed E-state index contributed by atoms with van der Waals surface area (Å²) in [7, 11) is 0. The number of rotatable bonds is 6. The van der Waals surface area contributed by atoms with Gasteiger partial charge in [-0.2, -0.15) is 0 Å². The van der Waals surface area contributed by atoms with Crippen LogP contribution in [0.4, 0.5) is 0 Å². The zero-order valence-corrected chi connectivity index (χ0v) is 14.4. The smallest absolute Gasteiger partial charge is 0.355 e. The van der Waals surface area contributed by atoms with Gasteiger partial charge in [-0.3, -0.25) is 4.79 Å². The molecule has 0 radical (unpaired) electrons. The van der Waals surface area contributed by atoms with Crippen LogP contribution >= 0.6 is 11.8 Å². The third-order valence-corrected chi connectivity index (χ3v) is 3.91. The Labute approximate surface area is 145 Å². The van der Waals surface area contributed by atoms with Crippen molar-refractivity contribution in [1.82, 2.24) is 5.32 Å². The molecule has 2 aromatic carbocycles. The van der Waals surface area contributed by atoms with Crippen LogP contribution in [-0.2, 0) is 20.9 Å². The molecule has 0 spiro atoms. The molecule has 2 aromatic rings. The van der Waals surface area contributed by atoms with Crippen LogP contribution in [0.1, 0.15) is 18.1 Å². The van der Waals surface area contributed by atoms with Gasteiger partial charge >= 0.3 is 5.97 Å². The molecule has 0 aliphatic rings. The molecule has 0 saturated carbocycles. The van der Waals surface area contributed by atoms with Gasteiger partial charge in [0.05, 0.1) is 0 Å². The molecule has 0 aliphatic heterocycles. The largest absolute Gasteiger partial charge is 0.456 e. The van der Waals surface area contributed by atoms with E-state index in [0.29, 0.717) is 0 Å². The molecule has 1 N–H and O–H groups in total. The van der Waals surface area contributed by atoms with E-state index in [1.54, 1.807) is 17.8 Å². The summed E-state index contributed by atoms with van der Waals surface area (Å²) >= 11 is 1.65. The van der Waals surface area contributed by atoms with Gasteiger partial charge in [-0.1, -0.05) is 42.5 Å². The zero-order chi connectivity index (χ0) is 17.4. The molecule has 0 aromatic heterocycles. The highest BCUT2D eigenvalue weighted by atomic mass is 32.2. The highest BCUT2D eigenvalue weighted by molar-refractivity contribution is 7.98. The predicted molar refractivity (Wildman–Crippen MR) is 96.3 cm³/mol. The Morgan fingerprint density at radius 3 is 2.33 bits per heavy atom. The van der Waals surface area contributed by atoms with E-state index in [2.05, 4.69) is 5.32 Å². The van der Waals surface area contributed by atoms with Gasteiger partial charge < -0.3 is 10.1 Å². The Kier molecular flexibility index (Phi) is 6.63. The van der Waals surface area contributed by atoms with Crippen LogP contribution in [0, 0.1) is 0 Å². The average Bonchev–Trinajstić information content (AvgIpc) is 2.60. The van der Waals surface area contributed by atoms with Crippen molar-refractivity contribution in [3.63, 3.8) is 0 Å². The summed E-state index contributed by atoms with van der Waals surface area (Å²) in [5, 5.41) is 2.53. The minimum absolute atomic E-state index is 0.120. The fraction of sp³-hybridized carbons (Fsp3) is 0.158. The number of ether oxygens (including phenoxy) is 1. The van der Waals surface area contributed by atoms with E-state index < -0.39 is 5.97 Å². The van der Waals surface area contributed by atoms with Gasteiger partial charge in [0.15, 0.2) is 0 Å². The lowest BCUT2D eigenvalue weighted by molar-refractivity contribution is -0.141. The lowest BCUT2D eigenvalue weighted by Gasteiger charge is -2.09. The molecule has 0 aliphatic carbocycles. The van der Waals surface area contributed by atoms with E-state index >= 15 is 0 Å². The molecule has 1 amide bonds. The topological polar surface area (TPSA) is 55.4 Å². The first-order valence-corrected chi connectivity index (χ1v) is 8.65. The normalized spacial score (nSPS) is 11.0. The number of esters is 1. The van der Waals surface area contributed by atoms with E-state index in [1.165, 1.54) is 6.92 Å². The first-order valence-electron chi connectivity index (χ1n) is 7.43. The number of benzene rings is 2.